The first kappa shape index (κ1) is 19.6. The number of nitrogens with zero attached hydrogens (tertiary/aromatic N) is 2. The molecule has 1 aliphatic heterocycles. The lowest BCUT2D eigenvalue weighted by molar-refractivity contribution is 0.0952. The molecule has 1 aromatic carbocycles. The van der Waals surface area contributed by atoms with Crippen LogP contribution in [-0.2, 0) is 14.8 Å². The maximum Gasteiger partial charge on any atom is 0.253 e. The van der Waals surface area contributed by atoms with Gasteiger partial charge >= 0.3 is 0 Å². The number of benzene rings is 1. The number of carbonyl (C=O) groups excluding carboxylic acids is 1. The molecule has 1 fully saturated rings. The van der Waals surface area contributed by atoms with E-state index in [9.17, 15) is 13.2 Å². The van der Waals surface area contributed by atoms with Crippen molar-refractivity contribution in [3.8, 4) is 0 Å². The molecule has 0 atom stereocenters. The van der Waals surface area contributed by atoms with Gasteiger partial charge in [-0.25, -0.2) is 12.7 Å². The average molecular weight is 370 g/mol. The predicted molar refractivity (Wildman–Crippen MR) is 96.6 cm³/mol. The zero-order valence-electron chi connectivity index (χ0n) is 14.9. The van der Waals surface area contributed by atoms with E-state index in [4.69, 9.17) is 4.74 Å². The molecule has 1 heterocycles. The fourth-order valence-electron chi connectivity index (χ4n) is 2.54. The number of carbonyl (C=O) groups is 1. The van der Waals surface area contributed by atoms with Crippen LogP contribution in [0.5, 0.6) is 0 Å². The van der Waals surface area contributed by atoms with Crippen LogP contribution in [0.3, 0.4) is 0 Å². The minimum Gasteiger partial charge on any atom is -0.378 e. The van der Waals surface area contributed by atoms with Crippen molar-refractivity contribution in [2.45, 2.75) is 4.90 Å². The minimum atomic E-state index is -3.61. The summed E-state index contributed by atoms with van der Waals surface area (Å²) in [6.45, 7) is 3.58. The number of hydrogen-bond acceptors (Lipinski definition) is 6. The molecule has 25 heavy (non-hydrogen) atoms. The van der Waals surface area contributed by atoms with Crippen molar-refractivity contribution in [1.29, 1.82) is 0 Å². The molecule has 140 valence electrons. The van der Waals surface area contributed by atoms with E-state index in [-0.39, 0.29) is 10.8 Å². The summed E-state index contributed by atoms with van der Waals surface area (Å²) in [5.74, 6) is -0.285. The van der Waals surface area contributed by atoms with Crippen LogP contribution < -0.4 is 15.5 Å². The lowest BCUT2D eigenvalue weighted by atomic mass is 10.1. The second-order valence-corrected chi connectivity index (χ2v) is 8.08. The van der Waals surface area contributed by atoms with Gasteiger partial charge in [-0.3, -0.25) is 4.79 Å². The Hall–Kier alpha value is -1.68. The Morgan fingerprint density at radius 1 is 1.24 bits per heavy atom. The summed E-state index contributed by atoms with van der Waals surface area (Å²) in [6, 6.07) is 4.70. The topological polar surface area (TPSA) is 91.0 Å². The van der Waals surface area contributed by atoms with E-state index in [2.05, 4.69) is 10.6 Å². The maximum absolute atomic E-state index is 12.6. The molecule has 2 rings (SSSR count). The molecule has 0 saturated carbocycles. The van der Waals surface area contributed by atoms with E-state index in [1.807, 2.05) is 4.90 Å². The van der Waals surface area contributed by atoms with Crippen molar-refractivity contribution in [2.75, 3.05) is 65.4 Å². The quantitative estimate of drug-likeness (QED) is 0.642. The molecule has 1 amide bonds. The van der Waals surface area contributed by atoms with Crippen molar-refractivity contribution in [3.05, 3.63) is 23.8 Å². The highest BCUT2D eigenvalue weighted by Crippen LogP contribution is 2.26. The van der Waals surface area contributed by atoms with Crippen LogP contribution in [-0.4, -0.2) is 79.2 Å². The van der Waals surface area contributed by atoms with Crippen molar-refractivity contribution >= 4 is 21.6 Å². The Labute approximate surface area is 149 Å². The van der Waals surface area contributed by atoms with E-state index < -0.39 is 10.0 Å². The standard InChI is InChI=1S/C16H26N4O4S/c1-17-6-7-18-16(21)14-12-13(25(22,23)19(2)3)4-5-15(14)20-8-10-24-11-9-20/h4-5,12,17H,6-11H2,1-3H3,(H,18,21). The van der Waals surface area contributed by atoms with Crippen LogP contribution in [0.1, 0.15) is 10.4 Å². The lowest BCUT2D eigenvalue weighted by Gasteiger charge is -2.30. The molecule has 0 unspecified atom stereocenters. The number of likely N-dealkylation sites (N-methyl/N-ethyl adjacent to an activating group) is 1. The summed E-state index contributed by atoms with van der Waals surface area (Å²) in [5.41, 5.74) is 1.09. The second-order valence-electron chi connectivity index (χ2n) is 5.93. The first-order valence-corrected chi connectivity index (χ1v) is 9.64. The Morgan fingerprint density at radius 2 is 1.92 bits per heavy atom. The van der Waals surface area contributed by atoms with Crippen molar-refractivity contribution in [1.82, 2.24) is 14.9 Å². The maximum atomic E-state index is 12.6. The molecular weight excluding hydrogens is 344 g/mol. The summed E-state index contributed by atoms with van der Waals surface area (Å²) in [5, 5.41) is 5.78. The summed E-state index contributed by atoms with van der Waals surface area (Å²) in [4.78, 5) is 14.8. The molecule has 0 spiro atoms. The number of ether oxygens (including phenoxy) is 1. The third kappa shape index (κ3) is 4.69. The van der Waals surface area contributed by atoms with Gasteiger partial charge in [0.15, 0.2) is 0 Å². The number of hydrogen-bond donors (Lipinski definition) is 2. The third-order valence-corrected chi connectivity index (χ3v) is 5.81. The smallest absolute Gasteiger partial charge is 0.253 e. The van der Waals surface area contributed by atoms with Crippen LogP contribution in [0.25, 0.3) is 0 Å². The Balaban J connectivity index is 2.39. The van der Waals surface area contributed by atoms with Gasteiger partial charge in [-0.15, -0.1) is 0 Å². The van der Waals surface area contributed by atoms with Crippen LogP contribution in [0.4, 0.5) is 5.69 Å². The highest BCUT2D eigenvalue weighted by molar-refractivity contribution is 7.89. The molecule has 1 aromatic rings. The molecule has 0 bridgehead atoms. The fraction of sp³-hybridized carbons (Fsp3) is 0.562. The van der Waals surface area contributed by atoms with Crippen molar-refractivity contribution < 1.29 is 17.9 Å². The average Bonchev–Trinajstić information content (AvgIpc) is 2.62. The highest BCUT2D eigenvalue weighted by Gasteiger charge is 2.24. The van der Waals surface area contributed by atoms with E-state index in [1.165, 1.54) is 20.2 Å². The predicted octanol–water partition coefficient (Wildman–Crippen LogP) is -0.277. The fourth-order valence-corrected chi connectivity index (χ4v) is 3.47. The van der Waals surface area contributed by atoms with Crippen LogP contribution in [0.2, 0.25) is 0 Å². The molecule has 9 heteroatoms. The molecule has 0 aliphatic carbocycles. The first-order valence-electron chi connectivity index (χ1n) is 8.20. The van der Waals surface area contributed by atoms with Gasteiger partial charge in [0.2, 0.25) is 10.0 Å². The summed E-state index contributed by atoms with van der Waals surface area (Å²) < 4.78 is 31.3. The normalized spacial score (nSPS) is 15.4. The van der Waals surface area contributed by atoms with Crippen LogP contribution >= 0.6 is 0 Å². The van der Waals surface area contributed by atoms with Gasteiger partial charge in [0.25, 0.3) is 5.91 Å². The Bertz CT molecular complexity index is 700. The molecular formula is C16H26N4O4S. The van der Waals surface area contributed by atoms with Crippen LogP contribution in [0, 0.1) is 0 Å². The molecule has 1 aliphatic rings. The van der Waals surface area contributed by atoms with E-state index in [1.54, 1.807) is 19.2 Å². The van der Waals surface area contributed by atoms with Gasteiger partial charge in [-0.2, -0.15) is 0 Å². The van der Waals surface area contributed by atoms with Crippen molar-refractivity contribution in [3.63, 3.8) is 0 Å². The van der Waals surface area contributed by atoms with Gasteiger partial charge in [0, 0.05) is 46.0 Å². The number of anilines is 1. The summed E-state index contributed by atoms with van der Waals surface area (Å²) in [7, 11) is 1.13. The zero-order valence-corrected chi connectivity index (χ0v) is 15.7. The Kier molecular flexibility index (Phi) is 6.77. The number of rotatable bonds is 7. The number of sulfonamides is 1. The molecule has 2 N–H and O–H groups in total. The van der Waals surface area contributed by atoms with Gasteiger partial charge in [-0.1, -0.05) is 0 Å². The van der Waals surface area contributed by atoms with E-state index in [0.29, 0.717) is 45.0 Å². The highest BCUT2D eigenvalue weighted by atomic mass is 32.2. The van der Waals surface area contributed by atoms with Crippen molar-refractivity contribution in [2.24, 2.45) is 0 Å². The van der Waals surface area contributed by atoms with Gasteiger partial charge < -0.3 is 20.3 Å². The monoisotopic (exact) mass is 370 g/mol. The minimum absolute atomic E-state index is 0.105. The number of amides is 1. The largest absolute Gasteiger partial charge is 0.378 e. The number of morpholine rings is 1. The Morgan fingerprint density at radius 3 is 2.52 bits per heavy atom. The summed E-state index contributed by atoms with van der Waals surface area (Å²) >= 11 is 0. The van der Waals surface area contributed by atoms with E-state index in [0.717, 1.165) is 9.99 Å². The van der Waals surface area contributed by atoms with Gasteiger partial charge in [0.05, 0.1) is 23.7 Å². The molecule has 0 radical (unpaired) electrons. The first-order chi connectivity index (χ1) is 11.9. The van der Waals surface area contributed by atoms with Gasteiger partial charge in [-0.05, 0) is 25.2 Å². The van der Waals surface area contributed by atoms with Gasteiger partial charge in [0.1, 0.15) is 0 Å². The lowest BCUT2D eigenvalue weighted by Crippen LogP contribution is -2.38. The zero-order chi connectivity index (χ0) is 18.4. The van der Waals surface area contributed by atoms with E-state index >= 15 is 0 Å². The SMILES string of the molecule is CNCCNC(=O)c1cc(S(=O)(=O)N(C)C)ccc1N1CCOCC1. The molecule has 8 nitrogen and oxygen atoms in total. The second kappa shape index (κ2) is 8.61. The third-order valence-electron chi connectivity index (χ3n) is 4.00. The summed E-state index contributed by atoms with van der Waals surface area (Å²) in [6.07, 6.45) is 0. The number of nitrogens with one attached hydrogen (secondary N) is 2. The molecule has 0 aromatic heterocycles. The van der Waals surface area contributed by atoms with Crippen LogP contribution in [0.15, 0.2) is 23.1 Å². The molecule has 1 saturated heterocycles.